The molecule has 30 heavy (non-hydrogen) atoms. The van der Waals surface area contributed by atoms with E-state index in [2.05, 4.69) is 15.3 Å². The lowest BCUT2D eigenvalue weighted by molar-refractivity contribution is -0.138. The SMILES string of the molecule is CCCOc1ccc(C2C(C(=O)OCC)=C(C)Nc3nc(=S)[nH]c(N)c32)cc1OC. The predicted molar refractivity (Wildman–Crippen MR) is 117 cm³/mol. The Bertz CT molecular complexity index is 1050. The molecule has 1 aliphatic rings. The second kappa shape index (κ2) is 9.17. The molecule has 0 radical (unpaired) electrons. The van der Waals surface area contributed by atoms with Crippen LogP contribution in [0.1, 0.15) is 44.2 Å². The lowest BCUT2D eigenvalue weighted by Gasteiger charge is -2.30. The number of allylic oxidation sites excluding steroid dienone is 1. The van der Waals surface area contributed by atoms with E-state index >= 15 is 0 Å². The van der Waals surface area contributed by atoms with Gasteiger partial charge in [-0.15, -0.1) is 0 Å². The van der Waals surface area contributed by atoms with Gasteiger partial charge in [-0.1, -0.05) is 13.0 Å². The van der Waals surface area contributed by atoms with Gasteiger partial charge in [0.2, 0.25) is 0 Å². The third kappa shape index (κ3) is 4.11. The monoisotopic (exact) mass is 430 g/mol. The smallest absolute Gasteiger partial charge is 0.336 e. The number of fused-ring (bicyclic) bond motifs is 1. The molecule has 4 N–H and O–H groups in total. The number of nitrogens with one attached hydrogen (secondary N) is 2. The number of carbonyl (C=O) groups is 1. The fourth-order valence-electron chi connectivity index (χ4n) is 3.50. The minimum absolute atomic E-state index is 0.255. The Balaban J connectivity index is 2.20. The van der Waals surface area contributed by atoms with Crippen molar-refractivity contribution in [2.45, 2.75) is 33.1 Å². The molecular formula is C21H26N4O4S. The molecule has 8 nitrogen and oxygen atoms in total. The van der Waals surface area contributed by atoms with Gasteiger partial charge in [0, 0.05) is 11.3 Å². The van der Waals surface area contributed by atoms with Crippen LogP contribution in [0.2, 0.25) is 0 Å². The van der Waals surface area contributed by atoms with E-state index in [1.165, 1.54) is 0 Å². The number of carbonyl (C=O) groups excluding carboxylic acids is 1. The van der Waals surface area contributed by atoms with E-state index in [0.717, 1.165) is 12.0 Å². The van der Waals surface area contributed by atoms with E-state index in [4.69, 9.17) is 32.2 Å². The van der Waals surface area contributed by atoms with Crippen molar-refractivity contribution in [3.8, 4) is 11.5 Å². The van der Waals surface area contributed by atoms with Gasteiger partial charge in [0.1, 0.15) is 11.6 Å². The van der Waals surface area contributed by atoms with Crippen molar-refractivity contribution >= 4 is 29.8 Å². The Hall–Kier alpha value is -3.07. The molecule has 1 aliphatic heterocycles. The number of aromatic amines is 1. The first-order valence-corrected chi connectivity index (χ1v) is 10.2. The molecule has 1 aromatic heterocycles. The van der Waals surface area contributed by atoms with Crippen molar-refractivity contribution in [1.29, 1.82) is 0 Å². The van der Waals surface area contributed by atoms with E-state index in [9.17, 15) is 4.79 Å². The van der Waals surface area contributed by atoms with Gasteiger partial charge in [-0.3, -0.25) is 0 Å². The Morgan fingerprint density at radius 2 is 2.07 bits per heavy atom. The molecule has 0 fully saturated rings. The van der Waals surface area contributed by atoms with Crippen LogP contribution < -0.4 is 20.5 Å². The van der Waals surface area contributed by atoms with E-state index in [1.807, 2.05) is 25.1 Å². The zero-order valence-corrected chi connectivity index (χ0v) is 18.3. The van der Waals surface area contributed by atoms with E-state index in [-0.39, 0.29) is 11.4 Å². The average Bonchev–Trinajstić information content (AvgIpc) is 2.70. The minimum Gasteiger partial charge on any atom is -0.493 e. The lowest BCUT2D eigenvalue weighted by Crippen LogP contribution is -2.26. The number of aromatic nitrogens is 2. The number of nitrogens with zero attached hydrogens (tertiary/aromatic N) is 1. The molecule has 2 aromatic rings. The van der Waals surface area contributed by atoms with Crippen LogP contribution in [0.5, 0.6) is 11.5 Å². The van der Waals surface area contributed by atoms with Crippen molar-refractivity contribution in [2.75, 3.05) is 31.4 Å². The summed E-state index contributed by atoms with van der Waals surface area (Å²) >= 11 is 5.17. The number of H-pyrrole nitrogens is 1. The minimum atomic E-state index is -0.520. The normalized spacial score (nSPS) is 15.3. The summed E-state index contributed by atoms with van der Waals surface area (Å²) in [5, 5.41) is 3.14. The highest BCUT2D eigenvalue weighted by molar-refractivity contribution is 7.71. The second-order valence-corrected chi connectivity index (χ2v) is 7.18. The van der Waals surface area contributed by atoms with Crippen molar-refractivity contribution in [3.05, 3.63) is 45.4 Å². The summed E-state index contributed by atoms with van der Waals surface area (Å²) in [7, 11) is 1.58. The number of ether oxygens (including phenoxy) is 3. The Morgan fingerprint density at radius 1 is 1.30 bits per heavy atom. The number of esters is 1. The molecule has 0 spiro atoms. The number of nitrogens with two attached hydrogens (primary N) is 1. The van der Waals surface area contributed by atoms with Gasteiger partial charge in [0.05, 0.1) is 31.8 Å². The van der Waals surface area contributed by atoms with E-state index in [0.29, 0.717) is 46.6 Å². The Labute approximate surface area is 180 Å². The van der Waals surface area contributed by atoms with Crippen LogP contribution in [0.4, 0.5) is 11.6 Å². The van der Waals surface area contributed by atoms with Gasteiger partial charge >= 0.3 is 5.97 Å². The molecule has 0 amide bonds. The zero-order valence-electron chi connectivity index (χ0n) is 17.5. The molecule has 2 heterocycles. The third-order valence-corrected chi connectivity index (χ3v) is 4.96. The maximum absolute atomic E-state index is 12.9. The van der Waals surface area contributed by atoms with E-state index < -0.39 is 11.9 Å². The maximum Gasteiger partial charge on any atom is 0.336 e. The molecule has 1 unspecified atom stereocenters. The number of anilines is 2. The molecule has 0 saturated carbocycles. The summed E-state index contributed by atoms with van der Waals surface area (Å²) in [6, 6.07) is 5.57. The van der Waals surface area contributed by atoms with Gasteiger partial charge in [0.25, 0.3) is 0 Å². The summed E-state index contributed by atoms with van der Waals surface area (Å²) < 4.78 is 16.9. The average molecular weight is 431 g/mol. The van der Waals surface area contributed by atoms with Crippen LogP contribution in [-0.4, -0.2) is 36.3 Å². The number of nitrogen functional groups attached to an aromatic ring is 1. The predicted octanol–water partition coefficient (Wildman–Crippen LogP) is 3.91. The summed E-state index contributed by atoms with van der Waals surface area (Å²) in [5.41, 5.74) is 8.78. The van der Waals surface area contributed by atoms with Crippen molar-refractivity contribution in [2.24, 2.45) is 0 Å². The third-order valence-electron chi connectivity index (χ3n) is 4.77. The first kappa shape index (κ1) is 21.6. The van der Waals surface area contributed by atoms with Gasteiger partial charge in [-0.05, 0) is 50.2 Å². The second-order valence-electron chi connectivity index (χ2n) is 6.79. The van der Waals surface area contributed by atoms with E-state index in [1.54, 1.807) is 21.0 Å². The first-order valence-electron chi connectivity index (χ1n) is 9.76. The molecule has 9 heteroatoms. The molecular weight excluding hydrogens is 404 g/mol. The number of hydrogen-bond donors (Lipinski definition) is 3. The van der Waals surface area contributed by atoms with Crippen molar-refractivity contribution in [3.63, 3.8) is 0 Å². The first-order chi connectivity index (χ1) is 14.4. The number of rotatable bonds is 7. The summed E-state index contributed by atoms with van der Waals surface area (Å²) in [5.74, 6) is 1.10. The highest BCUT2D eigenvalue weighted by Gasteiger charge is 2.36. The van der Waals surface area contributed by atoms with Crippen LogP contribution in [0, 0.1) is 4.77 Å². The van der Waals surface area contributed by atoms with Gasteiger partial charge in [-0.25, -0.2) is 9.78 Å². The molecule has 3 rings (SSSR count). The Kier molecular flexibility index (Phi) is 6.61. The topological polar surface area (TPSA) is 111 Å². The van der Waals surface area contributed by atoms with Crippen molar-refractivity contribution < 1.29 is 19.0 Å². The van der Waals surface area contributed by atoms with Gasteiger partial charge < -0.3 is 30.2 Å². The van der Waals surface area contributed by atoms with Crippen molar-refractivity contribution in [1.82, 2.24) is 9.97 Å². The number of hydrogen-bond acceptors (Lipinski definition) is 8. The highest BCUT2D eigenvalue weighted by Crippen LogP contribution is 2.45. The lowest BCUT2D eigenvalue weighted by atomic mass is 9.81. The van der Waals surface area contributed by atoms with Gasteiger partial charge in [-0.2, -0.15) is 0 Å². The molecule has 0 bridgehead atoms. The summed E-state index contributed by atoms with van der Waals surface area (Å²) in [6.07, 6.45) is 0.878. The zero-order chi connectivity index (χ0) is 21.8. The molecule has 1 aromatic carbocycles. The largest absolute Gasteiger partial charge is 0.493 e. The molecule has 0 aliphatic carbocycles. The molecule has 160 valence electrons. The van der Waals surface area contributed by atoms with Crippen LogP contribution in [0.15, 0.2) is 29.5 Å². The van der Waals surface area contributed by atoms with Gasteiger partial charge in [0.15, 0.2) is 16.3 Å². The standard InChI is InChI=1S/C21H26N4O4S/c1-5-9-29-13-8-7-12(10-14(13)27-4)16-15(20(26)28-6-2)11(3)23-19-17(16)18(22)24-21(30)25-19/h7-8,10,16H,5-6,9H2,1-4H3,(H4,22,23,24,25,30). The number of benzene rings is 1. The fourth-order valence-corrected chi connectivity index (χ4v) is 3.70. The van der Waals surface area contributed by atoms with Crippen LogP contribution in [-0.2, 0) is 9.53 Å². The van der Waals surface area contributed by atoms with Crippen LogP contribution in [0.3, 0.4) is 0 Å². The highest BCUT2D eigenvalue weighted by atomic mass is 32.1. The Morgan fingerprint density at radius 3 is 2.73 bits per heavy atom. The molecule has 0 saturated heterocycles. The number of methoxy groups -OCH3 is 1. The quantitative estimate of drug-likeness (QED) is 0.448. The summed E-state index contributed by atoms with van der Waals surface area (Å²) in [6.45, 7) is 6.43. The maximum atomic E-state index is 12.9. The van der Waals surface area contributed by atoms with Crippen LogP contribution in [0.25, 0.3) is 0 Å². The molecule has 1 atom stereocenters. The van der Waals surface area contributed by atoms with Crippen LogP contribution >= 0.6 is 12.2 Å². The summed E-state index contributed by atoms with van der Waals surface area (Å²) in [4.78, 5) is 20.1. The fraction of sp³-hybridized carbons (Fsp3) is 0.381.